The Hall–Kier alpha value is -1.02. The van der Waals surface area contributed by atoms with Crippen LogP contribution in [0.2, 0.25) is 0 Å². The van der Waals surface area contributed by atoms with Crippen molar-refractivity contribution in [3.8, 4) is 0 Å². The van der Waals surface area contributed by atoms with E-state index in [1.54, 1.807) is 0 Å². The van der Waals surface area contributed by atoms with Crippen LogP contribution in [0.1, 0.15) is 20.3 Å². The van der Waals surface area contributed by atoms with Gasteiger partial charge in [-0.2, -0.15) is 30.7 Å². The lowest BCUT2D eigenvalue weighted by molar-refractivity contribution is -0.349. The Morgan fingerprint density at radius 3 is 1.82 bits per heavy atom. The van der Waals surface area contributed by atoms with Crippen LogP contribution in [0.4, 0.5) is 30.7 Å². The highest BCUT2D eigenvalue weighted by atomic mass is 19.4. The number of hydrogen-bond donors (Lipinski definition) is 0. The predicted molar refractivity (Wildman–Crippen MR) is 41.8 cm³/mol. The molecule has 0 saturated carbocycles. The minimum atomic E-state index is -6.54. The molecule has 0 aliphatic carbocycles. The number of carbonyl (C=O) groups is 1. The summed E-state index contributed by atoms with van der Waals surface area (Å²) in [6.07, 6.45) is -7.72. The third-order valence-corrected chi connectivity index (χ3v) is 1.89. The maximum absolute atomic E-state index is 12.6. The second-order valence-corrected chi connectivity index (χ2v) is 3.27. The monoisotopic (exact) mass is 270 g/mol. The van der Waals surface area contributed by atoms with Crippen LogP contribution in [0.5, 0.6) is 0 Å². The van der Waals surface area contributed by atoms with Crippen LogP contribution in [0.3, 0.4) is 0 Å². The first-order valence-corrected chi connectivity index (χ1v) is 4.41. The van der Waals surface area contributed by atoms with Crippen molar-refractivity contribution in [1.82, 2.24) is 0 Å². The van der Waals surface area contributed by atoms with Gasteiger partial charge in [-0.3, -0.25) is 0 Å². The van der Waals surface area contributed by atoms with E-state index >= 15 is 0 Å². The first kappa shape index (κ1) is 16.0. The summed E-state index contributed by atoms with van der Waals surface area (Å²) in [7, 11) is 0. The molecule has 0 fully saturated rings. The highest BCUT2D eigenvalue weighted by Gasteiger charge is 2.77. The fourth-order valence-corrected chi connectivity index (χ4v) is 0.646. The summed E-state index contributed by atoms with van der Waals surface area (Å²) in [6, 6.07) is 0. The third-order valence-electron chi connectivity index (χ3n) is 1.89. The average molecular weight is 270 g/mol. The van der Waals surface area contributed by atoms with Crippen molar-refractivity contribution in [1.29, 1.82) is 0 Å². The van der Waals surface area contributed by atoms with Gasteiger partial charge in [-0.25, -0.2) is 4.79 Å². The molecule has 1 unspecified atom stereocenters. The molecule has 0 radical (unpaired) electrons. The number of hydrogen-bond acceptors (Lipinski definition) is 2. The molecule has 0 aliphatic heterocycles. The summed E-state index contributed by atoms with van der Waals surface area (Å²) in [5.74, 6) is -15.3. The SMILES string of the molecule is CCC(C)OC(=O)C(F)(F)C(F)(F)C(F)(F)F. The molecule has 0 aromatic heterocycles. The summed E-state index contributed by atoms with van der Waals surface area (Å²) in [4.78, 5) is 10.6. The Morgan fingerprint density at radius 1 is 1.12 bits per heavy atom. The molecule has 0 N–H and O–H groups in total. The van der Waals surface area contributed by atoms with Gasteiger partial charge >= 0.3 is 24.0 Å². The van der Waals surface area contributed by atoms with Crippen molar-refractivity contribution in [3.63, 3.8) is 0 Å². The van der Waals surface area contributed by atoms with Crippen LogP contribution in [0.15, 0.2) is 0 Å². The van der Waals surface area contributed by atoms with E-state index in [0.29, 0.717) is 0 Å². The standard InChI is InChI=1S/C8H9F7O2/c1-3-4(2)17-5(16)6(9,10)7(11,12)8(13,14)15/h4H,3H2,1-2H3. The van der Waals surface area contributed by atoms with E-state index in [4.69, 9.17) is 0 Å². The topological polar surface area (TPSA) is 26.3 Å². The average Bonchev–Trinajstić information content (AvgIpc) is 2.15. The number of alkyl halides is 7. The quantitative estimate of drug-likeness (QED) is 0.579. The van der Waals surface area contributed by atoms with Crippen molar-refractivity contribution < 1.29 is 40.3 Å². The third kappa shape index (κ3) is 3.01. The smallest absolute Gasteiger partial charge is 0.458 e. The minimum absolute atomic E-state index is 0.000586. The largest absolute Gasteiger partial charge is 0.460 e. The van der Waals surface area contributed by atoms with E-state index < -0.39 is 30.1 Å². The number of ether oxygens (including phenoxy) is 1. The molecule has 0 aromatic rings. The molecule has 1 atom stereocenters. The summed E-state index contributed by atoms with van der Waals surface area (Å²) in [5, 5.41) is 0. The number of halogens is 7. The lowest BCUT2D eigenvalue weighted by Crippen LogP contribution is -2.57. The molecule has 0 bridgehead atoms. The van der Waals surface area contributed by atoms with Crippen LogP contribution in [0, 0.1) is 0 Å². The highest BCUT2D eigenvalue weighted by molar-refractivity contribution is 5.79. The molecule has 0 heterocycles. The summed E-state index contributed by atoms with van der Waals surface area (Å²) < 4.78 is 88.8. The van der Waals surface area contributed by atoms with E-state index in [1.807, 2.05) is 0 Å². The fourth-order valence-electron chi connectivity index (χ4n) is 0.646. The fraction of sp³-hybridized carbons (Fsp3) is 0.875. The summed E-state index contributed by atoms with van der Waals surface area (Å²) >= 11 is 0. The van der Waals surface area contributed by atoms with E-state index in [9.17, 15) is 35.5 Å². The maximum atomic E-state index is 12.6. The van der Waals surface area contributed by atoms with Gasteiger partial charge in [0.15, 0.2) is 0 Å². The second kappa shape index (κ2) is 4.69. The van der Waals surface area contributed by atoms with Gasteiger partial charge in [-0.15, -0.1) is 0 Å². The molecule has 17 heavy (non-hydrogen) atoms. The van der Waals surface area contributed by atoms with Crippen molar-refractivity contribution >= 4 is 5.97 Å². The van der Waals surface area contributed by atoms with Crippen LogP contribution in [-0.4, -0.2) is 30.1 Å². The van der Waals surface area contributed by atoms with Crippen molar-refractivity contribution in [3.05, 3.63) is 0 Å². The minimum Gasteiger partial charge on any atom is -0.458 e. The van der Waals surface area contributed by atoms with Gasteiger partial charge in [0.2, 0.25) is 0 Å². The van der Waals surface area contributed by atoms with Crippen LogP contribution in [-0.2, 0) is 9.53 Å². The predicted octanol–water partition coefficient (Wildman–Crippen LogP) is 3.16. The van der Waals surface area contributed by atoms with E-state index in [2.05, 4.69) is 4.74 Å². The normalized spacial score (nSPS) is 15.6. The Morgan fingerprint density at radius 2 is 1.53 bits per heavy atom. The van der Waals surface area contributed by atoms with Crippen molar-refractivity contribution in [2.24, 2.45) is 0 Å². The van der Waals surface area contributed by atoms with Crippen LogP contribution >= 0.6 is 0 Å². The zero-order valence-corrected chi connectivity index (χ0v) is 8.75. The molecule has 0 aromatic carbocycles. The molecule has 9 heteroatoms. The number of rotatable bonds is 4. The molecule has 0 rings (SSSR count). The molecule has 0 saturated heterocycles. The lowest BCUT2D eigenvalue weighted by atomic mass is 10.1. The Labute approximate surface area is 91.7 Å². The zero-order chi connectivity index (χ0) is 14.1. The van der Waals surface area contributed by atoms with E-state index in [-0.39, 0.29) is 6.42 Å². The molecular weight excluding hydrogens is 261 g/mol. The highest BCUT2D eigenvalue weighted by Crippen LogP contribution is 2.47. The molecule has 2 nitrogen and oxygen atoms in total. The molecule has 0 amide bonds. The zero-order valence-electron chi connectivity index (χ0n) is 8.75. The van der Waals surface area contributed by atoms with Gasteiger partial charge < -0.3 is 4.74 Å². The van der Waals surface area contributed by atoms with Gasteiger partial charge in [0.25, 0.3) is 0 Å². The van der Waals surface area contributed by atoms with Crippen LogP contribution in [0.25, 0.3) is 0 Å². The van der Waals surface area contributed by atoms with Gasteiger partial charge in [-0.05, 0) is 13.3 Å². The van der Waals surface area contributed by atoms with Gasteiger partial charge in [0.05, 0.1) is 6.10 Å². The van der Waals surface area contributed by atoms with Crippen molar-refractivity contribution in [2.75, 3.05) is 0 Å². The van der Waals surface area contributed by atoms with E-state index in [1.165, 1.54) is 6.92 Å². The van der Waals surface area contributed by atoms with Gasteiger partial charge in [0.1, 0.15) is 0 Å². The summed E-state index contributed by atoms with van der Waals surface area (Å²) in [6.45, 7) is 2.46. The lowest BCUT2D eigenvalue weighted by Gasteiger charge is -2.27. The number of esters is 1. The second-order valence-electron chi connectivity index (χ2n) is 3.27. The van der Waals surface area contributed by atoms with Gasteiger partial charge in [0, 0.05) is 0 Å². The Bertz CT molecular complexity index is 284. The molecular formula is C8H9F7O2. The Kier molecular flexibility index (Phi) is 4.41. The number of carbonyl (C=O) groups excluding carboxylic acids is 1. The van der Waals surface area contributed by atoms with Gasteiger partial charge in [-0.1, -0.05) is 6.92 Å². The molecule has 0 spiro atoms. The summed E-state index contributed by atoms with van der Waals surface area (Å²) in [5.41, 5.74) is 0. The maximum Gasteiger partial charge on any atom is 0.460 e. The van der Waals surface area contributed by atoms with Crippen molar-refractivity contribution in [2.45, 2.75) is 44.4 Å². The Balaban J connectivity index is 5.07. The first-order chi connectivity index (χ1) is 7.38. The van der Waals surface area contributed by atoms with Crippen LogP contribution < -0.4 is 0 Å². The van der Waals surface area contributed by atoms with E-state index in [0.717, 1.165) is 6.92 Å². The first-order valence-electron chi connectivity index (χ1n) is 4.41. The molecule has 0 aliphatic rings. The molecule has 102 valence electrons.